The number of anilines is 1. The Kier molecular flexibility index (Phi) is 5.72. The first-order valence-corrected chi connectivity index (χ1v) is 10.3. The molecule has 0 bridgehead atoms. The second-order valence-electron chi connectivity index (χ2n) is 7.93. The van der Waals surface area contributed by atoms with E-state index in [1.807, 2.05) is 13.0 Å². The van der Waals surface area contributed by atoms with Crippen LogP contribution in [0.4, 0.5) is 14.5 Å². The fourth-order valence-corrected chi connectivity index (χ4v) is 3.93. The number of aryl methyl sites for hydroxylation is 1. The molecule has 4 aromatic rings. The molecule has 4 rings (SSSR count). The van der Waals surface area contributed by atoms with Crippen LogP contribution in [0.3, 0.4) is 0 Å². The van der Waals surface area contributed by atoms with Crippen molar-refractivity contribution in [3.8, 4) is 11.3 Å². The number of carboxylic acids is 1. The third-order valence-corrected chi connectivity index (χ3v) is 5.58. The van der Waals surface area contributed by atoms with Gasteiger partial charge in [0.15, 0.2) is 17.1 Å². The van der Waals surface area contributed by atoms with Crippen LogP contribution in [0.5, 0.6) is 0 Å². The van der Waals surface area contributed by atoms with Crippen LogP contribution in [0.1, 0.15) is 40.0 Å². The molecule has 7 heteroatoms. The van der Waals surface area contributed by atoms with Gasteiger partial charge in [0, 0.05) is 16.8 Å². The second kappa shape index (κ2) is 8.50. The molecule has 1 atom stereocenters. The van der Waals surface area contributed by atoms with Gasteiger partial charge in [-0.25, -0.2) is 13.6 Å². The van der Waals surface area contributed by atoms with Gasteiger partial charge in [0.05, 0.1) is 22.6 Å². The van der Waals surface area contributed by atoms with E-state index in [0.717, 1.165) is 11.6 Å². The molecule has 0 amide bonds. The van der Waals surface area contributed by atoms with Gasteiger partial charge in [-0.2, -0.15) is 0 Å². The largest absolute Gasteiger partial charge is 0.478 e. The Morgan fingerprint density at radius 2 is 1.79 bits per heavy atom. The zero-order valence-corrected chi connectivity index (χ0v) is 18.2. The quantitative estimate of drug-likeness (QED) is 0.378. The number of para-hydroxylation sites is 1. The molecular formula is C26H21F2NO4. The van der Waals surface area contributed by atoms with Gasteiger partial charge >= 0.3 is 5.97 Å². The van der Waals surface area contributed by atoms with Crippen molar-refractivity contribution in [2.24, 2.45) is 0 Å². The fraction of sp³-hybridized carbons (Fsp3) is 0.154. The summed E-state index contributed by atoms with van der Waals surface area (Å²) < 4.78 is 34.4. The Hall–Kier alpha value is -4.00. The van der Waals surface area contributed by atoms with Crippen molar-refractivity contribution >= 4 is 22.6 Å². The summed E-state index contributed by atoms with van der Waals surface area (Å²) in [7, 11) is 0. The normalized spacial score (nSPS) is 12.0. The summed E-state index contributed by atoms with van der Waals surface area (Å²) in [4.78, 5) is 24.8. The molecule has 0 aliphatic rings. The van der Waals surface area contributed by atoms with Gasteiger partial charge in [-0.3, -0.25) is 4.79 Å². The van der Waals surface area contributed by atoms with Crippen molar-refractivity contribution in [1.29, 1.82) is 0 Å². The van der Waals surface area contributed by atoms with E-state index >= 15 is 0 Å². The Labute approximate surface area is 188 Å². The van der Waals surface area contributed by atoms with Crippen LogP contribution in [-0.4, -0.2) is 11.1 Å². The first-order valence-electron chi connectivity index (χ1n) is 10.3. The zero-order chi connectivity index (χ0) is 23.9. The van der Waals surface area contributed by atoms with Crippen molar-refractivity contribution in [2.45, 2.75) is 26.8 Å². The van der Waals surface area contributed by atoms with E-state index in [1.54, 1.807) is 31.2 Å². The molecule has 0 saturated heterocycles. The molecule has 5 nitrogen and oxygen atoms in total. The molecule has 33 heavy (non-hydrogen) atoms. The Bertz CT molecular complexity index is 1460. The van der Waals surface area contributed by atoms with E-state index < -0.39 is 23.6 Å². The van der Waals surface area contributed by atoms with Gasteiger partial charge in [-0.1, -0.05) is 24.3 Å². The van der Waals surface area contributed by atoms with E-state index in [1.165, 1.54) is 25.1 Å². The van der Waals surface area contributed by atoms with Crippen molar-refractivity contribution in [3.63, 3.8) is 0 Å². The van der Waals surface area contributed by atoms with E-state index in [9.17, 15) is 23.5 Å². The lowest BCUT2D eigenvalue weighted by Gasteiger charge is -2.20. The molecule has 0 spiro atoms. The molecule has 0 saturated carbocycles. The van der Waals surface area contributed by atoms with E-state index in [0.29, 0.717) is 16.6 Å². The number of carboxylic acid groups (broad SMARTS) is 1. The van der Waals surface area contributed by atoms with Crippen molar-refractivity contribution in [3.05, 3.63) is 98.7 Å². The summed E-state index contributed by atoms with van der Waals surface area (Å²) in [5.41, 5.74) is 1.78. The van der Waals surface area contributed by atoms with Gasteiger partial charge in [0.2, 0.25) is 0 Å². The summed E-state index contributed by atoms with van der Waals surface area (Å²) in [6.07, 6.45) is 0. The van der Waals surface area contributed by atoms with Crippen LogP contribution in [0, 0.1) is 25.5 Å². The van der Waals surface area contributed by atoms with Gasteiger partial charge in [0.25, 0.3) is 0 Å². The molecule has 0 fully saturated rings. The smallest absolute Gasteiger partial charge is 0.337 e. The fourth-order valence-electron chi connectivity index (χ4n) is 3.93. The minimum atomic E-state index is -1.10. The minimum Gasteiger partial charge on any atom is -0.478 e. The average molecular weight is 449 g/mol. The number of carbonyl (C=O) groups is 1. The summed E-state index contributed by atoms with van der Waals surface area (Å²) >= 11 is 0. The molecule has 3 aromatic carbocycles. The number of nitrogens with one attached hydrogen (secondary N) is 1. The molecule has 1 unspecified atom stereocenters. The lowest BCUT2D eigenvalue weighted by molar-refractivity contribution is 0.0698. The van der Waals surface area contributed by atoms with Crippen LogP contribution in [-0.2, 0) is 0 Å². The third-order valence-electron chi connectivity index (χ3n) is 5.58. The highest BCUT2D eigenvalue weighted by atomic mass is 19.2. The highest BCUT2D eigenvalue weighted by Gasteiger charge is 2.22. The first-order chi connectivity index (χ1) is 15.7. The molecule has 0 radical (unpaired) electrons. The maximum Gasteiger partial charge on any atom is 0.337 e. The van der Waals surface area contributed by atoms with Crippen LogP contribution in [0.2, 0.25) is 0 Å². The number of fused-ring (bicyclic) bond motifs is 1. The number of benzene rings is 3. The van der Waals surface area contributed by atoms with Crippen molar-refractivity contribution in [2.75, 3.05) is 5.32 Å². The number of hydrogen-bond donors (Lipinski definition) is 2. The van der Waals surface area contributed by atoms with Crippen LogP contribution < -0.4 is 10.7 Å². The first kappa shape index (κ1) is 22.2. The lowest BCUT2D eigenvalue weighted by Crippen LogP contribution is -2.14. The molecule has 0 aliphatic carbocycles. The number of halogens is 2. The maximum atomic E-state index is 14.5. The molecule has 1 aromatic heterocycles. The second-order valence-corrected chi connectivity index (χ2v) is 7.93. The van der Waals surface area contributed by atoms with Crippen molar-refractivity contribution < 1.29 is 23.1 Å². The van der Waals surface area contributed by atoms with E-state index in [-0.39, 0.29) is 33.5 Å². The summed E-state index contributed by atoms with van der Waals surface area (Å²) in [5, 5.41) is 12.9. The monoisotopic (exact) mass is 449 g/mol. The average Bonchev–Trinajstić information content (AvgIpc) is 2.78. The van der Waals surface area contributed by atoms with Gasteiger partial charge in [0.1, 0.15) is 11.3 Å². The van der Waals surface area contributed by atoms with Gasteiger partial charge in [-0.05, 0) is 56.7 Å². The van der Waals surface area contributed by atoms with Crippen LogP contribution in [0.25, 0.3) is 22.3 Å². The lowest BCUT2D eigenvalue weighted by atomic mass is 9.98. The third kappa shape index (κ3) is 3.98. The highest BCUT2D eigenvalue weighted by Crippen LogP contribution is 2.33. The predicted octanol–water partition coefficient (Wildman–Crippen LogP) is 6.23. The van der Waals surface area contributed by atoms with E-state index in [2.05, 4.69) is 5.32 Å². The number of aromatic carboxylic acids is 1. The summed E-state index contributed by atoms with van der Waals surface area (Å²) in [6, 6.07) is 13.2. The summed E-state index contributed by atoms with van der Waals surface area (Å²) in [6.45, 7) is 5.14. The zero-order valence-electron chi connectivity index (χ0n) is 18.2. The molecule has 2 N–H and O–H groups in total. The molecule has 0 aliphatic heterocycles. The number of hydrogen-bond acceptors (Lipinski definition) is 4. The Morgan fingerprint density at radius 3 is 2.52 bits per heavy atom. The van der Waals surface area contributed by atoms with Crippen LogP contribution >= 0.6 is 0 Å². The Morgan fingerprint density at radius 1 is 1.06 bits per heavy atom. The number of rotatable bonds is 5. The maximum absolute atomic E-state index is 14.5. The van der Waals surface area contributed by atoms with E-state index in [4.69, 9.17) is 4.42 Å². The predicted molar refractivity (Wildman–Crippen MR) is 123 cm³/mol. The molecule has 1 heterocycles. The van der Waals surface area contributed by atoms with Crippen molar-refractivity contribution in [1.82, 2.24) is 0 Å². The standard InChI is InChI=1S/C26H21F2NO4/c1-13-11-18(15(3)29-21-10-5-4-7-16(21)26(31)32)25-19(12-13)23(30)14(2)24(33-25)17-8-6-9-20(27)22(17)28/h4-12,15,29H,1-3H3,(H,31,32). The SMILES string of the molecule is Cc1cc(C(C)Nc2ccccc2C(=O)O)c2oc(-c3cccc(F)c3F)c(C)c(=O)c2c1. The van der Waals surface area contributed by atoms with Gasteiger partial charge in [-0.15, -0.1) is 0 Å². The minimum absolute atomic E-state index is 0.0484. The Balaban J connectivity index is 1.92. The topological polar surface area (TPSA) is 79.5 Å². The summed E-state index contributed by atoms with van der Waals surface area (Å²) in [5.74, 6) is -3.27. The van der Waals surface area contributed by atoms with Gasteiger partial charge < -0.3 is 14.8 Å². The molecular weight excluding hydrogens is 428 g/mol. The highest BCUT2D eigenvalue weighted by molar-refractivity contribution is 5.94. The molecule has 168 valence electrons. The van der Waals surface area contributed by atoms with Crippen LogP contribution in [0.15, 0.2) is 63.8 Å².